The third-order valence-electron chi connectivity index (χ3n) is 3.92. The van der Waals surface area contributed by atoms with Crippen molar-refractivity contribution in [2.24, 2.45) is 0 Å². The fourth-order valence-corrected chi connectivity index (χ4v) is 2.59. The van der Waals surface area contributed by atoms with Gasteiger partial charge in [0, 0.05) is 5.69 Å². The zero-order valence-electron chi connectivity index (χ0n) is 15.1. The minimum absolute atomic E-state index is 0.0228. The Hall–Kier alpha value is -3.09. The Morgan fingerprint density at radius 2 is 1.73 bits per heavy atom. The van der Waals surface area contributed by atoms with Crippen LogP contribution >= 0.6 is 0 Å². The Morgan fingerprint density at radius 3 is 2.31 bits per heavy atom. The van der Waals surface area contributed by atoms with E-state index >= 15 is 0 Å². The molecule has 0 aliphatic heterocycles. The van der Waals surface area contributed by atoms with Crippen LogP contribution in [0.2, 0.25) is 0 Å². The second-order valence-corrected chi connectivity index (χ2v) is 5.80. The van der Waals surface area contributed by atoms with E-state index in [0.29, 0.717) is 16.8 Å². The van der Waals surface area contributed by atoms with Gasteiger partial charge in [-0.05, 0) is 57.5 Å². The smallest absolute Gasteiger partial charge is 0.340 e. The second kappa shape index (κ2) is 7.86. The molecule has 1 aromatic heterocycles. The van der Waals surface area contributed by atoms with Gasteiger partial charge in [-0.15, -0.1) is 0 Å². The summed E-state index contributed by atoms with van der Waals surface area (Å²) in [4.78, 5) is 39.6. The number of Topliss-reactive ketones (excluding diaryl/α,β-unsaturated/α-hetero) is 1. The molecule has 0 saturated carbocycles. The first-order valence-corrected chi connectivity index (χ1v) is 8.16. The van der Waals surface area contributed by atoms with Crippen LogP contribution in [0, 0.1) is 13.8 Å². The van der Waals surface area contributed by atoms with Crippen molar-refractivity contribution in [3.05, 3.63) is 52.3 Å². The summed E-state index contributed by atoms with van der Waals surface area (Å²) in [5, 5.41) is 9.25. The summed E-state index contributed by atoms with van der Waals surface area (Å²) in [6.07, 6.45) is -1.05. The first-order chi connectivity index (χ1) is 12.3. The lowest BCUT2D eigenvalue weighted by Crippen LogP contribution is -2.25. The van der Waals surface area contributed by atoms with Crippen LogP contribution in [0.3, 0.4) is 0 Å². The maximum atomic E-state index is 12.6. The molecule has 138 valence electrons. The van der Waals surface area contributed by atoms with Gasteiger partial charge in [-0.3, -0.25) is 4.79 Å². The summed E-state index contributed by atoms with van der Waals surface area (Å²) in [5.74, 6) is -1.62. The van der Waals surface area contributed by atoms with E-state index in [-0.39, 0.29) is 23.6 Å². The van der Waals surface area contributed by atoms with Crippen molar-refractivity contribution in [3.8, 4) is 5.75 Å². The van der Waals surface area contributed by atoms with Crippen molar-refractivity contribution in [1.82, 2.24) is 4.98 Å². The molecule has 7 nitrogen and oxygen atoms in total. The van der Waals surface area contributed by atoms with Crippen molar-refractivity contribution < 1.29 is 29.0 Å². The molecule has 0 unspecified atom stereocenters. The normalized spacial score (nSPS) is 11.7. The summed E-state index contributed by atoms with van der Waals surface area (Å²) in [6, 6.07) is 5.51. The average molecular weight is 359 g/mol. The van der Waals surface area contributed by atoms with Crippen LogP contribution in [0.25, 0.3) is 0 Å². The number of esters is 2. The maximum Gasteiger partial charge on any atom is 0.340 e. The third-order valence-corrected chi connectivity index (χ3v) is 3.92. The molecule has 2 aromatic rings. The van der Waals surface area contributed by atoms with E-state index in [1.165, 1.54) is 31.2 Å². The molecule has 0 aliphatic carbocycles. The molecule has 1 atom stereocenters. The molecule has 2 rings (SSSR count). The van der Waals surface area contributed by atoms with E-state index < -0.39 is 23.8 Å². The lowest BCUT2D eigenvalue weighted by Gasteiger charge is -2.12. The summed E-state index contributed by atoms with van der Waals surface area (Å²) in [6.45, 7) is 6.69. The van der Waals surface area contributed by atoms with Gasteiger partial charge in [0.15, 0.2) is 6.10 Å². The molecule has 2 N–H and O–H groups in total. The minimum Gasteiger partial charge on any atom is -0.508 e. The predicted molar refractivity (Wildman–Crippen MR) is 93.5 cm³/mol. The number of hydrogen-bond donors (Lipinski definition) is 2. The first kappa shape index (κ1) is 19.2. The zero-order chi connectivity index (χ0) is 19.4. The third kappa shape index (κ3) is 3.93. The van der Waals surface area contributed by atoms with Crippen molar-refractivity contribution in [3.63, 3.8) is 0 Å². The van der Waals surface area contributed by atoms with Gasteiger partial charge in [-0.25, -0.2) is 9.59 Å². The number of H-pyrrole nitrogens is 1. The molecule has 0 fully saturated rings. The fourth-order valence-electron chi connectivity index (χ4n) is 2.59. The monoisotopic (exact) mass is 359 g/mol. The highest BCUT2D eigenvalue weighted by molar-refractivity contribution is 6.04. The average Bonchev–Trinajstić information content (AvgIpc) is 2.89. The highest BCUT2D eigenvalue weighted by Gasteiger charge is 2.27. The van der Waals surface area contributed by atoms with Gasteiger partial charge in [-0.2, -0.15) is 0 Å². The van der Waals surface area contributed by atoms with Crippen LogP contribution in [0.4, 0.5) is 0 Å². The van der Waals surface area contributed by atoms with Gasteiger partial charge in [0.1, 0.15) is 5.75 Å². The Bertz CT molecular complexity index is 834. The van der Waals surface area contributed by atoms with Gasteiger partial charge in [-0.1, -0.05) is 0 Å². The summed E-state index contributed by atoms with van der Waals surface area (Å²) in [5.41, 5.74) is 1.71. The fraction of sp³-hybridized carbons (Fsp3) is 0.316. The summed E-state index contributed by atoms with van der Waals surface area (Å²) in [7, 11) is 0. The molecule has 1 aromatic carbocycles. The van der Waals surface area contributed by atoms with Gasteiger partial charge >= 0.3 is 11.9 Å². The van der Waals surface area contributed by atoms with E-state index in [1.807, 2.05) is 0 Å². The Balaban J connectivity index is 2.18. The number of aryl methyl sites for hydroxylation is 1. The number of carbonyl (C=O) groups is 3. The molecule has 1 heterocycles. The largest absolute Gasteiger partial charge is 0.508 e. The van der Waals surface area contributed by atoms with Crippen LogP contribution in [0.15, 0.2) is 24.3 Å². The van der Waals surface area contributed by atoms with Crippen LogP contribution in [-0.2, 0) is 9.47 Å². The van der Waals surface area contributed by atoms with Gasteiger partial charge in [0.25, 0.3) is 0 Å². The van der Waals surface area contributed by atoms with Crippen LogP contribution in [-0.4, -0.2) is 40.5 Å². The number of nitrogens with one attached hydrogen (secondary N) is 1. The second-order valence-electron chi connectivity index (χ2n) is 5.80. The first-order valence-electron chi connectivity index (χ1n) is 8.16. The quantitative estimate of drug-likeness (QED) is 0.607. The van der Waals surface area contributed by atoms with E-state index in [1.54, 1.807) is 20.8 Å². The minimum atomic E-state index is -1.05. The number of aromatic hydroxyl groups is 1. The molecule has 0 spiro atoms. The number of phenols is 1. The highest BCUT2D eigenvalue weighted by atomic mass is 16.5. The van der Waals surface area contributed by atoms with Crippen molar-refractivity contribution >= 4 is 17.7 Å². The van der Waals surface area contributed by atoms with E-state index in [4.69, 9.17) is 9.47 Å². The number of carbonyl (C=O) groups excluding carboxylic acids is 3. The predicted octanol–water partition coefficient (Wildman–Crippen LogP) is 2.94. The number of aromatic amines is 1. The van der Waals surface area contributed by atoms with Gasteiger partial charge < -0.3 is 19.6 Å². The van der Waals surface area contributed by atoms with Crippen molar-refractivity contribution in [1.29, 1.82) is 0 Å². The van der Waals surface area contributed by atoms with Gasteiger partial charge in [0.05, 0.1) is 23.4 Å². The number of ether oxygens (including phenoxy) is 2. The molecular formula is C19H21NO6. The molecule has 0 radical (unpaired) electrons. The number of rotatable bonds is 6. The topological polar surface area (TPSA) is 106 Å². The van der Waals surface area contributed by atoms with Crippen LogP contribution in [0.1, 0.15) is 56.3 Å². The highest BCUT2D eigenvalue weighted by Crippen LogP contribution is 2.21. The Kier molecular flexibility index (Phi) is 5.82. The lowest BCUT2D eigenvalue weighted by molar-refractivity contribution is 0.0316. The lowest BCUT2D eigenvalue weighted by atomic mass is 10.1. The number of phenolic OH excluding ortho intramolecular Hbond substituents is 1. The maximum absolute atomic E-state index is 12.6. The summed E-state index contributed by atoms with van der Waals surface area (Å²) < 4.78 is 10.2. The zero-order valence-corrected chi connectivity index (χ0v) is 15.1. The molecule has 0 amide bonds. The standard InChI is InChI=1S/C19H21NO6/c1-5-25-19(24)15-10(2)16(20-11(15)3)17(22)12(4)26-18(23)13-6-8-14(21)9-7-13/h6-9,12,20-21H,5H2,1-4H3/t12-/m1/s1. The van der Waals surface area contributed by atoms with Gasteiger partial charge in [0.2, 0.25) is 5.78 Å². The Morgan fingerprint density at radius 1 is 1.12 bits per heavy atom. The van der Waals surface area contributed by atoms with Crippen molar-refractivity contribution in [2.45, 2.75) is 33.8 Å². The SMILES string of the molecule is CCOC(=O)c1c(C)[nH]c(C(=O)[C@@H](C)OC(=O)c2ccc(O)cc2)c1C. The number of hydrogen-bond acceptors (Lipinski definition) is 6. The number of benzene rings is 1. The van der Waals surface area contributed by atoms with Crippen LogP contribution < -0.4 is 0 Å². The van der Waals surface area contributed by atoms with Crippen molar-refractivity contribution in [2.75, 3.05) is 6.61 Å². The molecule has 26 heavy (non-hydrogen) atoms. The summed E-state index contributed by atoms with van der Waals surface area (Å²) >= 11 is 0. The molecule has 0 bridgehead atoms. The van der Waals surface area contributed by atoms with E-state index in [9.17, 15) is 19.5 Å². The Labute approximate surface area is 150 Å². The molecule has 0 saturated heterocycles. The number of ketones is 1. The molecular weight excluding hydrogens is 338 g/mol. The molecule has 0 aliphatic rings. The van der Waals surface area contributed by atoms with Crippen LogP contribution in [0.5, 0.6) is 5.75 Å². The molecule has 7 heteroatoms. The number of aromatic nitrogens is 1. The van der Waals surface area contributed by atoms with E-state index in [2.05, 4.69) is 4.98 Å². The van der Waals surface area contributed by atoms with E-state index in [0.717, 1.165) is 0 Å².